The molecule has 0 radical (unpaired) electrons. The van der Waals surface area contributed by atoms with Gasteiger partial charge in [-0.3, -0.25) is 4.98 Å². The van der Waals surface area contributed by atoms with Gasteiger partial charge in [0.05, 0.1) is 16.5 Å². The van der Waals surface area contributed by atoms with Crippen molar-refractivity contribution < 1.29 is 23.4 Å². The van der Waals surface area contributed by atoms with Crippen LogP contribution in [0.2, 0.25) is 0 Å². The molecule has 35 heavy (non-hydrogen) atoms. The number of nitrogens with zero attached hydrogens (tertiary/aromatic N) is 4. The number of aliphatic hydroxyl groups excluding tert-OH is 2. The number of benzene rings is 1. The van der Waals surface area contributed by atoms with Crippen LogP contribution < -0.4 is 15.6 Å². The highest BCUT2D eigenvalue weighted by Crippen LogP contribution is 2.34. The van der Waals surface area contributed by atoms with Crippen LogP contribution in [-0.4, -0.2) is 63.0 Å². The SMILES string of the molecule is Nc1ncnc2c1c(C#Cc1cccc3ncccc13)cn2[C@@H]1O[C@H](CNS(N)(=O)=O)[C@@H](O)[C@H]1O. The van der Waals surface area contributed by atoms with Crippen LogP contribution in [-0.2, 0) is 14.9 Å². The van der Waals surface area contributed by atoms with E-state index in [9.17, 15) is 18.6 Å². The lowest BCUT2D eigenvalue weighted by atomic mass is 10.1. The fraction of sp³-hybridized carbons (Fsp3) is 0.227. The van der Waals surface area contributed by atoms with Gasteiger partial charge >= 0.3 is 0 Å². The lowest BCUT2D eigenvalue weighted by molar-refractivity contribution is -0.0327. The van der Waals surface area contributed by atoms with Crippen LogP contribution in [0.5, 0.6) is 0 Å². The number of pyridine rings is 1. The lowest BCUT2D eigenvalue weighted by Crippen LogP contribution is -2.42. The Morgan fingerprint density at radius 2 is 1.89 bits per heavy atom. The lowest BCUT2D eigenvalue weighted by Gasteiger charge is -2.17. The van der Waals surface area contributed by atoms with E-state index in [2.05, 4.69) is 31.5 Å². The van der Waals surface area contributed by atoms with Crippen molar-refractivity contribution in [2.45, 2.75) is 24.5 Å². The molecule has 0 aliphatic carbocycles. The number of nitrogens with two attached hydrogens (primary N) is 2. The highest BCUT2D eigenvalue weighted by Gasteiger charge is 2.44. The van der Waals surface area contributed by atoms with Crippen molar-refractivity contribution in [1.82, 2.24) is 24.2 Å². The van der Waals surface area contributed by atoms with Crippen LogP contribution in [0.1, 0.15) is 17.4 Å². The molecular formula is C22H21N7O5S. The number of rotatable bonds is 4. The molecule has 4 aromatic rings. The van der Waals surface area contributed by atoms with Gasteiger partial charge in [-0.2, -0.15) is 13.1 Å². The zero-order valence-electron chi connectivity index (χ0n) is 18.1. The number of anilines is 1. The number of fused-ring (bicyclic) bond motifs is 2. The minimum atomic E-state index is -4.01. The normalized spacial score (nSPS) is 22.4. The molecule has 12 nitrogen and oxygen atoms in total. The van der Waals surface area contributed by atoms with Crippen molar-refractivity contribution in [2.75, 3.05) is 12.3 Å². The summed E-state index contributed by atoms with van der Waals surface area (Å²) in [7, 11) is -4.01. The molecule has 0 spiro atoms. The summed E-state index contributed by atoms with van der Waals surface area (Å²) in [6.07, 6.45) is -0.350. The molecule has 5 rings (SSSR count). The smallest absolute Gasteiger partial charge is 0.274 e. The van der Waals surface area contributed by atoms with Crippen molar-refractivity contribution in [2.24, 2.45) is 5.14 Å². The fourth-order valence-electron chi connectivity index (χ4n) is 4.07. The molecule has 13 heteroatoms. The molecule has 7 N–H and O–H groups in total. The van der Waals surface area contributed by atoms with Gasteiger partial charge in [0.15, 0.2) is 6.23 Å². The minimum Gasteiger partial charge on any atom is -0.387 e. The number of nitrogen functional groups attached to an aromatic ring is 1. The van der Waals surface area contributed by atoms with Crippen molar-refractivity contribution in [3.05, 3.63) is 60.2 Å². The summed E-state index contributed by atoms with van der Waals surface area (Å²) in [5.41, 5.74) is 8.50. The average Bonchev–Trinajstić information content (AvgIpc) is 3.34. The van der Waals surface area contributed by atoms with Gasteiger partial charge in [0.1, 0.15) is 36.1 Å². The highest BCUT2D eigenvalue weighted by atomic mass is 32.2. The van der Waals surface area contributed by atoms with Crippen molar-refractivity contribution >= 4 is 38.0 Å². The summed E-state index contributed by atoms with van der Waals surface area (Å²) in [4.78, 5) is 12.7. The van der Waals surface area contributed by atoms with E-state index in [0.29, 0.717) is 16.6 Å². The second-order valence-electron chi connectivity index (χ2n) is 7.97. The Balaban J connectivity index is 1.55. The molecule has 4 heterocycles. The molecule has 180 valence electrons. The summed E-state index contributed by atoms with van der Waals surface area (Å²) >= 11 is 0. The van der Waals surface area contributed by atoms with Crippen molar-refractivity contribution in [3.8, 4) is 11.8 Å². The number of aromatic nitrogens is 4. The van der Waals surface area contributed by atoms with Gasteiger partial charge < -0.3 is 25.3 Å². The first-order valence-electron chi connectivity index (χ1n) is 10.5. The number of ether oxygens (including phenoxy) is 1. The standard InChI is InChI=1S/C22H21N7O5S/c23-20-17-13(7-6-12-3-1-5-15-14(12)4-2-8-25-15)10-29(21(17)27-11-26-20)22-19(31)18(30)16(34-22)9-28-35(24,32)33/h1-5,8,10-11,16,18-19,22,28,30-31H,9H2,(H2,23,26,27)(H2,24,32,33)/t16-,18-,19-,22-/m1/s1. The molecule has 0 saturated carbocycles. The Morgan fingerprint density at radius 1 is 1.09 bits per heavy atom. The molecular weight excluding hydrogens is 474 g/mol. The summed E-state index contributed by atoms with van der Waals surface area (Å²) in [6, 6.07) is 9.38. The first-order valence-corrected chi connectivity index (χ1v) is 12.0. The summed E-state index contributed by atoms with van der Waals surface area (Å²) in [6.45, 7) is -0.328. The molecule has 4 atom stereocenters. The molecule has 1 saturated heterocycles. The second-order valence-corrected chi connectivity index (χ2v) is 9.35. The van der Waals surface area contributed by atoms with E-state index in [0.717, 1.165) is 16.5 Å². The molecule has 0 unspecified atom stereocenters. The van der Waals surface area contributed by atoms with Crippen molar-refractivity contribution in [1.29, 1.82) is 0 Å². The topological polar surface area (TPSA) is 191 Å². The molecule has 1 aliphatic rings. The Kier molecular flexibility index (Phi) is 5.85. The van der Waals surface area contributed by atoms with Crippen LogP contribution >= 0.6 is 0 Å². The van der Waals surface area contributed by atoms with Crippen molar-refractivity contribution in [3.63, 3.8) is 0 Å². The van der Waals surface area contributed by atoms with Gasteiger partial charge in [0.25, 0.3) is 10.2 Å². The first kappa shape index (κ1) is 23.1. The fourth-order valence-corrected chi connectivity index (χ4v) is 4.47. The third-order valence-corrected chi connectivity index (χ3v) is 6.28. The largest absolute Gasteiger partial charge is 0.387 e. The minimum absolute atomic E-state index is 0.179. The first-order chi connectivity index (χ1) is 16.7. The maximum atomic E-state index is 11.2. The molecule has 1 aromatic carbocycles. The molecule has 0 amide bonds. The van der Waals surface area contributed by atoms with E-state index in [1.165, 1.54) is 10.9 Å². The van der Waals surface area contributed by atoms with Crippen LogP contribution in [0, 0.1) is 11.8 Å². The molecule has 1 aliphatic heterocycles. The Hall–Kier alpha value is -3.64. The van der Waals surface area contributed by atoms with Gasteiger partial charge in [-0.1, -0.05) is 24.0 Å². The van der Waals surface area contributed by atoms with Gasteiger partial charge in [0.2, 0.25) is 0 Å². The summed E-state index contributed by atoms with van der Waals surface area (Å²) in [5.74, 6) is 6.41. The monoisotopic (exact) mass is 495 g/mol. The summed E-state index contributed by atoms with van der Waals surface area (Å²) < 4.78 is 31.8. The van der Waals surface area contributed by atoms with Crippen LogP contribution in [0.25, 0.3) is 21.9 Å². The zero-order chi connectivity index (χ0) is 24.7. The highest BCUT2D eigenvalue weighted by molar-refractivity contribution is 7.87. The number of hydrogen-bond acceptors (Lipinski definition) is 9. The number of nitrogens with one attached hydrogen (secondary N) is 1. The van der Waals surface area contributed by atoms with E-state index < -0.39 is 34.7 Å². The average molecular weight is 496 g/mol. The van der Waals surface area contributed by atoms with E-state index in [1.54, 1.807) is 12.4 Å². The predicted octanol–water partition coefficient (Wildman–Crippen LogP) is -0.626. The maximum absolute atomic E-state index is 11.2. The van der Waals surface area contributed by atoms with E-state index in [-0.39, 0.29) is 12.4 Å². The Bertz CT molecular complexity index is 1590. The number of hydrogen-bond donors (Lipinski definition) is 5. The Labute approximate surface area is 199 Å². The molecule has 3 aromatic heterocycles. The van der Waals surface area contributed by atoms with Crippen LogP contribution in [0.15, 0.2) is 49.1 Å². The summed E-state index contributed by atoms with van der Waals surface area (Å²) in [5, 5.41) is 27.4. The molecule has 1 fully saturated rings. The van der Waals surface area contributed by atoms with E-state index in [4.69, 9.17) is 15.6 Å². The van der Waals surface area contributed by atoms with Crippen LogP contribution in [0.3, 0.4) is 0 Å². The van der Waals surface area contributed by atoms with Gasteiger partial charge in [-0.15, -0.1) is 0 Å². The third kappa shape index (κ3) is 4.42. The second kappa shape index (κ2) is 8.86. The van der Waals surface area contributed by atoms with E-state index in [1.807, 2.05) is 30.3 Å². The van der Waals surface area contributed by atoms with E-state index >= 15 is 0 Å². The zero-order valence-corrected chi connectivity index (χ0v) is 18.9. The maximum Gasteiger partial charge on any atom is 0.274 e. The predicted molar refractivity (Wildman–Crippen MR) is 127 cm³/mol. The molecule has 0 bridgehead atoms. The van der Waals surface area contributed by atoms with Crippen LogP contribution in [0.4, 0.5) is 5.82 Å². The quantitative estimate of drug-likeness (QED) is 0.229. The number of aliphatic hydroxyl groups is 2. The third-order valence-electron chi connectivity index (χ3n) is 5.71. The van der Waals surface area contributed by atoms with Gasteiger partial charge in [0, 0.05) is 29.9 Å². The van der Waals surface area contributed by atoms with Gasteiger partial charge in [-0.25, -0.2) is 15.1 Å². The Morgan fingerprint density at radius 3 is 2.69 bits per heavy atom. The van der Waals surface area contributed by atoms with Gasteiger partial charge in [-0.05, 0) is 18.2 Å².